The third kappa shape index (κ3) is 5.31. The molecule has 8 nitrogen and oxygen atoms in total. The number of fused-ring (bicyclic) bond motifs is 1. The first kappa shape index (κ1) is 26.0. The van der Waals surface area contributed by atoms with E-state index < -0.39 is 11.1 Å². The number of hydrogen-bond donors (Lipinski definition) is 0. The topological polar surface area (TPSA) is 98.1 Å². The van der Waals surface area contributed by atoms with Crippen molar-refractivity contribution in [1.82, 2.24) is 4.90 Å². The Balaban J connectivity index is 1.33. The minimum atomic E-state index is -0.426. The van der Waals surface area contributed by atoms with Crippen LogP contribution in [0.5, 0.6) is 23.0 Å². The van der Waals surface area contributed by atoms with Crippen molar-refractivity contribution in [2.24, 2.45) is 0 Å². The predicted molar refractivity (Wildman–Crippen MR) is 145 cm³/mol. The molecule has 0 atom stereocenters. The molecule has 2 amide bonds. The van der Waals surface area contributed by atoms with Gasteiger partial charge in [-0.2, -0.15) is 5.26 Å². The highest BCUT2D eigenvalue weighted by atomic mass is 79.9. The number of hydrogen-bond acceptors (Lipinski definition) is 8. The summed E-state index contributed by atoms with van der Waals surface area (Å²) in [4.78, 5) is 27.2. The second-order valence-corrected chi connectivity index (χ2v) is 10.5. The molecule has 0 saturated carbocycles. The fraction of sp³-hybridized carbons (Fsp3) is 0.148. The van der Waals surface area contributed by atoms with Crippen LogP contribution in [0, 0.1) is 11.3 Å². The van der Waals surface area contributed by atoms with Crippen LogP contribution in [0.25, 0.3) is 6.08 Å². The minimum Gasteiger partial charge on any atom is -0.493 e. The van der Waals surface area contributed by atoms with Crippen molar-refractivity contribution in [3.8, 4) is 29.1 Å². The largest absolute Gasteiger partial charge is 0.493 e. The predicted octanol–water partition coefficient (Wildman–Crippen LogP) is 6.53. The second-order valence-electron chi connectivity index (χ2n) is 8.20. The summed E-state index contributed by atoms with van der Waals surface area (Å²) in [5.74, 6) is 1.55. The number of halogens is 2. The molecule has 0 unspecified atom stereocenters. The first-order chi connectivity index (χ1) is 18.4. The molecule has 5 rings (SSSR count). The van der Waals surface area contributed by atoms with Crippen molar-refractivity contribution in [1.29, 1.82) is 5.26 Å². The van der Waals surface area contributed by atoms with Crippen molar-refractivity contribution in [3.63, 3.8) is 0 Å². The van der Waals surface area contributed by atoms with Gasteiger partial charge in [0.2, 0.25) is 6.79 Å². The van der Waals surface area contributed by atoms with Gasteiger partial charge in [0.05, 0.1) is 34.7 Å². The Morgan fingerprint density at radius 1 is 1.16 bits per heavy atom. The molecule has 192 valence electrons. The lowest BCUT2D eigenvalue weighted by Gasteiger charge is -2.14. The molecule has 38 heavy (non-hydrogen) atoms. The molecule has 3 aromatic rings. The molecule has 1 fully saturated rings. The highest BCUT2D eigenvalue weighted by Crippen LogP contribution is 2.41. The Hall–Kier alpha value is -3.65. The summed E-state index contributed by atoms with van der Waals surface area (Å²) in [5.41, 5.74) is 2.68. The molecule has 1 saturated heterocycles. The van der Waals surface area contributed by atoms with Crippen molar-refractivity contribution in [2.45, 2.75) is 13.2 Å². The van der Waals surface area contributed by atoms with Gasteiger partial charge in [-0.1, -0.05) is 23.7 Å². The lowest BCUT2D eigenvalue weighted by Crippen LogP contribution is -2.27. The van der Waals surface area contributed by atoms with Crippen molar-refractivity contribution >= 4 is 56.5 Å². The van der Waals surface area contributed by atoms with Crippen LogP contribution in [-0.4, -0.2) is 29.9 Å². The molecule has 3 aromatic carbocycles. The molecule has 0 bridgehead atoms. The zero-order valence-electron chi connectivity index (χ0n) is 19.8. The summed E-state index contributed by atoms with van der Waals surface area (Å²) in [5, 5.41) is 8.93. The smallest absolute Gasteiger partial charge is 0.293 e. The fourth-order valence-corrected chi connectivity index (χ4v) is 5.46. The summed E-state index contributed by atoms with van der Waals surface area (Å²) in [6.45, 7) is 0.367. The first-order valence-corrected chi connectivity index (χ1v) is 13.2. The number of benzene rings is 3. The highest BCUT2D eigenvalue weighted by Gasteiger charge is 2.36. The molecule has 0 spiro atoms. The van der Waals surface area contributed by atoms with Crippen LogP contribution in [0.1, 0.15) is 22.3 Å². The Labute approximate surface area is 235 Å². The van der Waals surface area contributed by atoms with Gasteiger partial charge in [0.25, 0.3) is 11.1 Å². The monoisotopic (exact) mass is 612 g/mol. The quantitative estimate of drug-likeness (QED) is 0.278. The SMILES string of the molecule is COc1cc(/C=C2\SC(=O)N(Cc3cc4c(cc3Cl)OCO4)C2=O)cc(Br)c1OCc1ccc(C#N)cc1. The first-order valence-electron chi connectivity index (χ1n) is 11.2. The average Bonchev–Trinajstić information content (AvgIpc) is 3.47. The van der Waals surface area contributed by atoms with E-state index in [2.05, 4.69) is 22.0 Å². The van der Waals surface area contributed by atoms with Gasteiger partial charge in [-0.15, -0.1) is 0 Å². The van der Waals surface area contributed by atoms with Crippen LogP contribution in [0.15, 0.2) is 57.9 Å². The Morgan fingerprint density at radius 2 is 1.89 bits per heavy atom. The van der Waals surface area contributed by atoms with Crippen LogP contribution in [-0.2, 0) is 17.9 Å². The lowest BCUT2D eigenvalue weighted by molar-refractivity contribution is -0.123. The second kappa shape index (κ2) is 11.0. The van der Waals surface area contributed by atoms with Crippen LogP contribution in [0.4, 0.5) is 4.79 Å². The van der Waals surface area contributed by atoms with Gasteiger partial charge in [0, 0.05) is 11.1 Å². The van der Waals surface area contributed by atoms with Gasteiger partial charge in [-0.25, -0.2) is 0 Å². The van der Waals surface area contributed by atoms with Crippen molar-refractivity contribution < 1.29 is 28.5 Å². The number of thioether (sulfide) groups is 1. The summed E-state index contributed by atoms with van der Waals surface area (Å²) in [7, 11) is 1.52. The molecule has 0 N–H and O–H groups in total. The van der Waals surface area contributed by atoms with E-state index in [-0.39, 0.29) is 24.8 Å². The number of carbonyl (C=O) groups excluding carboxylic acids is 2. The van der Waals surface area contributed by atoms with E-state index in [0.29, 0.717) is 49.2 Å². The van der Waals surface area contributed by atoms with Crippen LogP contribution >= 0.6 is 39.3 Å². The number of nitriles is 1. The summed E-state index contributed by atoms with van der Waals surface area (Å²) >= 11 is 10.7. The Bertz CT molecular complexity index is 1520. The Kier molecular flexibility index (Phi) is 7.51. The number of methoxy groups -OCH3 is 1. The number of rotatable bonds is 7. The average molecular weight is 614 g/mol. The van der Waals surface area contributed by atoms with E-state index in [1.165, 1.54) is 7.11 Å². The third-order valence-corrected chi connectivity index (χ3v) is 7.61. The minimum absolute atomic E-state index is 0.00657. The zero-order chi connectivity index (χ0) is 26.8. The number of ether oxygens (including phenoxy) is 4. The summed E-state index contributed by atoms with van der Waals surface area (Å²) < 4.78 is 22.8. The van der Waals surface area contributed by atoms with E-state index in [4.69, 9.17) is 35.8 Å². The highest BCUT2D eigenvalue weighted by molar-refractivity contribution is 9.10. The maximum atomic E-state index is 13.1. The van der Waals surface area contributed by atoms with E-state index >= 15 is 0 Å². The van der Waals surface area contributed by atoms with E-state index in [1.54, 1.807) is 42.5 Å². The summed E-state index contributed by atoms with van der Waals surface area (Å²) in [6, 6.07) is 16.0. The standard InChI is InChI=1S/C27H18BrClN2O6S/c1-34-23-7-17(6-19(28)25(23)35-13-16-4-2-15(11-30)3-5-16)8-24-26(32)31(27(33)38-24)12-18-9-21-22(10-20(18)29)37-14-36-21/h2-10H,12-14H2,1H3/b24-8-. The maximum Gasteiger partial charge on any atom is 0.293 e. The third-order valence-electron chi connectivity index (χ3n) is 5.76. The van der Waals surface area contributed by atoms with Crippen LogP contribution < -0.4 is 18.9 Å². The molecule has 11 heteroatoms. The van der Waals surface area contributed by atoms with Gasteiger partial charge >= 0.3 is 0 Å². The molecule has 2 aliphatic heterocycles. The zero-order valence-corrected chi connectivity index (χ0v) is 23.0. The summed E-state index contributed by atoms with van der Waals surface area (Å²) in [6.07, 6.45) is 1.63. The fourth-order valence-electron chi connectivity index (χ4n) is 3.83. The number of nitrogens with zero attached hydrogens (tertiary/aromatic N) is 2. The molecule has 0 aliphatic carbocycles. The van der Waals surface area contributed by atoms with Gasteiger partial charge < -0.3 is 18.9 Å². The lowest BCUT2D eigenvalue weighted by atomic mass is 10.1. The van der Waals surface area contributed by atoms with Crippen LogP contribution in [0.2, 0.25) is 5.02 Å². The normalized spacial score (nSPS) is 15.2. The number of amides is 2. The molecule has 0 aromatic heterocycles. The number of carbonyl (C=O) groups is 2. The van der Waals surface area contributed by atoms with E-state index in [1.807, 2.05) is 12.1 Å². The van der Waals surface area contributed by atoms with Crippen LogP contribution in [0.3, 0.4) is 0 Å². The van der Waals surface area contributed by atoms with Gasteiger partial charge in [0.15, 0.2) is 23.0 Å². The molecule has 2 heterocycles. The molecule has 2 aliphatic rings. The van der Waals surface area contributed by atoms with Crippen molar-refractivity contribution in [3.05, 3.63) is 85.2 Å². The molecular weight excluding hydrogens is 596 g/mol. The Morgan fingerprint density at radius 3 is 2.61 bits per heavy atom. The van der Waals surface area contributed by atoms with Gasteiger partial charge in [-0.3, -0.25) is 14.5 Å². The number of imide groups is 1. The van der Waals surface area contributed by atoms with Gasteiger partial charge in [0.1, 0.15) is 6.61 Å². The van der Waals surface area contributed by atoms with E-state index in [9.17, 15) is 9.59 Å². The van der Waals surface area contributed by atoms with Gasteiger partial charge in [-0.05, 0) is 80.8 Å². The maximum absolute atomic E-state index is 13.1. The molecule has 0 radical (unpaired) electrons. The van der Waals surface area contributed by atoms with Crippen molar-refractivity contribution in [2.75, 3.05) is 13.9 Å². The molecular formula is C27H18BrClN2O6S. The van der Waals surface area contributed by atoms with E-state index in [0.717, 1.165) is 22.2 Å².